The number of benzene rings is 1. The highest BCUT2D eigenvalue weighted by atomic mass is 35.5. The largest absolute Gasteiger partial charge is 0.331 e. The summed E-state index contributed by atoms with van der Waals surface area (Å²) in [4.78, 5) is 22.1. The van der Waals surface area contributed by atoms with Crippen molar-refractivity contribution < 1.29 is 4.79 Å². The summed E-state index contributed by atoms with van der Waals surface area (Å²) in [6.45, 7) is 1.85. The molecule has 0 fully saturated rings. The Morgan fingerprint density at radius 3 is 2.84 bits per heavy atom. The predicted molar refractivity (Wildman–Crippen MR) is 98.6 cm³/mol. The van der Waals surface area contributed by atoms with Gasteiger partial charge in [0, 0.05) is 30.3 Å². The Bertz CT molecular complexity index is 1010. The molecule has 0 N–H and O–H groups in total. The van der Waals surface area contributed by atoms with E-state index in [0.29, 0.717) is 28.4 Å². The van der Waals surface area contributed by atoms with Crippen molar-refractivity contribution in [1.29, 1.82) is 0 Å². The third kappa shape index (κ3) is 2.68. The number of aryl methyl sites for hydroxylation is 2. The van der Waals surface area contributed by atoms with Gasteiger partial charge >= 0.3 is 0 Å². The fourth-order valence-corrected chi connectivity index (χ4v) is 3.46. The van der Waals surface area contributed by atoms with Crippen molar-refractivity contribution in [2.75, 3.05) is 0 Å². The summed E-state index contributed by atoms with van der Waals surface area (Å²) in [6.07, 6.45) is 6.02. The summed E-state index contributed by atoms with van der Waals surface area (Å²) in [7, 11) is 1.83. The van der Waals surface area contributed by atoms with Gasteiger partial charge in [-0.15, -0.1) is 0 Å². The number of pyridine rings is 1. The third-order valence-corrected chi connectivity index (χ3v) is 4.76. The van der Waals surface area contributed by atoms with Crippen molar-refractivity contribution in [3.05, 3.63) is 81.7 Å². The number of Topliss-reactive ketones (excluding diaryl/α,β-unsaturated/α-hetero) is 1. The van der Waals surface area contributed by atoms with Gasteiger partial charge in [-0.3, -0.25) is 9.78 Å². The van der Waals surface area contributed by atoms with E-state index in [1.807, 2.05) is 50.4 Å². The van der Waals surface area contributed by atoms with Crippen LogP contribution in [0.2, 0.25) is 5.02 Å². The maximum absolute atomic E-state index is 13.3. The van der Waals surface area contributed by atoms with Crippen LogP contribution in [0.1, 0.15) is 38.6 Å². The van der Waals surface area contributed by atoms with E-state index in [0.717, 1.165) is 22.4 Å². The third-order valence-electron chi connectivity index (χ3n) is 4.52. The average Bonchev–Trinajstić information content (AvgIpc) is 2.84. The first-order chi connectivity index (χ1) is 12.0. The molecule has 25 heavy (non-hydrogen) atoms. The quantitative estimate of drug-likeness (QED) is 0.654. The average molecular weight is 350 g/mol. The normalized spacial score (nSPS) is 12.8. The van der Waals surface area contributed by atoms with Crippen LogP contribution in [-0.4, -0.2) is 20.3 Å². The van der Waals surface area contributed by atoms with Crippen LogP contribution in [0.4, 0.5) is 0 Å². The first-order valence-electron chi connectivity index (χ1n) is 8.01. The summed E-state index contributed by atoms with van der Waals surface area (Å²) in [5, 5.41) is 0.609. The first kappa shape index (κ1) is 15.8. The Morgan fingerprint density at radius 2 is 2.08 bits per heavy atom. The number of rotatable bonds is 2. The second kappa shape index (κ2) is 5.97. The molecule has 0 saturated carbocycles. The molecule has 0 atom stereocenters. The number of nitrogens with zero attached hydrogens (tertiary/aromatic N) is 3. The lowest BCUT2D eigenvalue weighted by Crippen LogP contribution is -2.10. The van der Waals surface area contributed by atoms with Gasteiger partial charge < -0.3 is 4.57 Å². The minimum Gasteiger partial charge on any atom is -0.331 e. The fraction of sp³-hybridized carbons (Fsp3) is 0.150. The molecule has 124 valence electrons. The minimum absolute atomic E-state index is 0.0577. The van der Waals surface area contributed by atoms with Gasteiger partial charge in [-0.2, -0.15) is 0 Å². The van der Waals surface area contributed by atoms with Crippen molar-refractivity contribution in [3.63, 3.8) is 0 Å². The van der Waals surface area contributed by atoms with Crippen molar-refractivity contribution in [2.24, 2.45) is 7.05 Å². The fourth-order valence-electron chi connectivity index (χ4n) is 3.28. The number of carbonyl (C=O) groups excluding carboxylic acids is 1. The minimum atomic E-state index is -0.0577. The summed E-state index contributed by atoms with van der Waals surface area (Å²) in [6, 6.07) is 9.55. The molecular formula is C20H16ClN3O. The van der Waals surface area contributed by atoms with E-state index in [9.17, 15) is 4.79 Å². The molecule has 4 rings (SSSR count). The second-order valence-corrected chi connectivity index (χ2v) is 6.63. The Morgan fingerprint density at radius 1 is 1.24 bits per heavy atom. The van der Waals surface area contributed by atoms with Crippen LogP contribution in [0, 0.1) is 6.92 Å². The van der Waals surface area contributed by atoms with Gasteiger partial charge in [0.05, 0.1) is 17.7 Å². The maximum atomic E-state index is 13.3. The van der Waals surface area contributed by atoms with Crippen LogP contribution < -0.4 is 0 Å². The van der Waals surface area contributed by atoms with E-state index in [2.05, 4.69) is 9.97 Å². The summed E-state index contributed by atoms with van der Waals surface area (Å²) < 4.78 is 1.76. The molecule has 2 heterocycles. The zero-order valence-electron chi connectivity index (χ0n) is 14.0. The molecule has 0 aliphatic heterocycles. The lowest BCUT2D eigenvalue weighted by atomic mass is 9.94. The van der Waals surface area contributed by atoms with Crippen LogP contribution in [0.5, 0.6) is 0 Å². The van der Waals surface area contributed by atoms with E-state index in [4.69, 9.17) is 11.6 Å². The molecule has 1 aromatic carbocycles. The predicted octanol–water partition coefficient (Wildman–Crippen LogP) is 4.10. The number of ketones is 1. The number of hydrogen-bond donors (Lipinski definition) is 0. The highest BCUT2D eigenvalue weighted by Crippen LogP contribution is 2.33. The van der Waals surface area contributed by atoms with Gasteiger partial charge in [-0.1, -0.05) is 23.7 Å². The Balaban J connectivity index is 1.97. The molecule has 0 bridgehead atoms. The number of fused-ring (bicyclic) bond motifs is 2. The highest BCUT2D eigenvalue weighted by molar-refractivity contribution is 6.34. The molecule has 0 spiro atoms. The SMILES string of the molecule is Cc1ncn(C)c1C(=O)C1=Cc2cccnc2Cc2ccc(Cl)cc21. The number of imidazole rings is 1. The number of aromatic nitrogens is 3. The smallest absolute Gasteiger partial charge is 0.211 e. The first-order valence-corrected chi connectivity index (χ1v) is 8.39. The van der Waals surface area contributed by atoms with Crippen molar-refractivity contribution in [2.45, 2.75) is 13.3 Å². The molecular weight excluding hydrogens is 334 g/mol. The van der Waals surface area contributed by atoms with Crippen LogP contribution in [0.25, 0.3) is 11.6 Å². The van der Waals surface area contributed by atoms with E-state index < -0.39 is 0 Å². The molecule has 1 aliphatic carbocycles. The Labute approximate surface area is 150 Å². The molecule has 4 nitrogen and oxygen atoms in total. The van der Waals surface area contributed by atoms with Crippen LogP contribution in [-0.2, 0) is 13.5 Å². The molecule has 0 radical (unpaired) electrons. The highest BCUT2D eigenvalue weighted by Gasteiger charge is 2.25. The summed E-state index contributed by atoms with van der Waals surface area (Å²) in [5.41, 5.74) is 5.74. The van der Waals surface area contributed by atoms with E-state index >= 15 is 0 Å². The van der Waals surface area contributed by atoms with Crippen LogP contribution in [0.15, 0.2) is 42.9 Å². The van der Waals surface area contributed by atoms with E-state index in [-0.39, 0.29) is 5.78 Å². The van der Waals surface area contributed by atoms with Gasteiger partial charge in [0.2, 0.25) is 5.78 Å². The van der Waals surface area contributed by atoms with Crippen molar-refractivity contribution >= 4 is 29.0 Å². The summed E-state index contributed by atoms with van der Waals surface area (Å²) in [5.74, 6) is -0.0577. The molecule has 2 aromatic heterocycles. The topological polar surface area (TPSA) is 47.8 Å². The van der Waals surface area contributed by atoms with E-state index in [1.54, 1.807) is 17.1 Å². The molecule has 1 aliphatic rings. The van der Waals surface area contributed by atoms with Gasteiger partial charge in [-0.05, 0) is 47.9 Å². The molecule has 3 aromatic rings. The lowest BCUT2D eigenvalue weighted by Gasteiger charge is -2.11. The zero-order valence-corrected chi connectivity index (χ0v) is 14.7. The number of carbonyl (C=O) groups is 1. The second-order valence-electron chi connectivity index (χ2n) is 6.19. The Hall–Kier alpha value is -2.72. The van der Waals surface area contributed by atoms with Crippen LogP contribution >= 0.6 is 11.6 Å². The zero-order chi connectivity index (χ0) is 17.6. The van der Waals surface area contributed by atoms with Gasteiger partial charge in [-0.25, -0.2) is 4.98 Å². The lowest BCUT2D eigenvalue weighted by molar-refractivity contribution is 0.104. The van der Waals surface area contributed by atoms with Crippen molar-refractivity contribution in [3.8, 4) is 0 Å². The van der Waals surface area contributed by atoms with Crippen molar-refractivity contribution in [1.82, 2.24) is 14.5 Å². The Kier molecular flexibility index (Phi) is 3.77. The van der Waals surface area contributed by atoms with E-state index in [1.165, 1.54) is 0 Å². The van der Waals surface area contributed by atoms with Crippen LogP contribution in [0.3, 0.4) is 0 Å². The number of hydrogen-bond acceptors (Lipinski definition) is 3. The van der Waals surface area contributed by atoms with Gasteiger partial charge in [0.15, 0.2) is 0 Å². The molecule has 0 amide bonds. The standard InChI is InChI=1S/C20H16ClN3O/c1-12-19(24(2)11-23-12)20(25)17-8-14-4-3-7-22-18(14)9-13-5-6-15(21)10-16(13)17/h3-8,10-11H,9H2,1-2H3. The molecule has 0 saturated heterocycles. The maximum Gasteiger partial charge on any atom is 0.211 e. The summed E-state index contributed by atoms with van der Waals surface area (Å²) >= 11 is 6.23. The number of halogens is 1. The monoisotopic (exact) mass is 349 g/mol. The molecule has 5 heteroatoms. The molecule has 0 unspecified atom stereocenters. The van der Waals surface area contributed by atoms with Gasteiger partial charge in [0.1, 0.15) is 5.69 Å². The van der Waals surface area contributed by atoms with Gasteiger partial charge in [0.25, 0.3) is 0 Å². The number of allylic oxidation sites excluding steroid dienone is 1.